The molecule has 0 aliphatic heterocycles. The van der Waals surface area contributed by atoms with Crippen LogP contribution in [0.1, 0.15) is 12.8 Å². The monoisotopic (exact) mass is 402 g/mol. The van der Waals surface area contributed by atoms with Crippen molar-refractivity contribution >= 4 is 12.6 Å². The average molecular weight is 402 g/mol. The maximum Gasteiger partial charge on any atom is 0.0941 e. The normalized spacial score (nSPS) is 10.2. The van der Waals surface area contributed by atoms with Gasteiger partial charge in [0.25, 0.3) is 0 Å². The number of benzene rings is 1. The van der Waals surface area contributed by atoms with Gasteiger partial charge in [-0.1, -0.05) is 18.2 Å². The van der Waals surface area contributed by atoms with E-state index in [0.29, 0.717) is 19.4 Å². The average Bonchev–Trinajstić information content (AvgIpc) is 2.48. The van der Waals surface area contributed by atoms with Gasteiger partial charge in [0, 0.05) is 7.11 Å². The zero-order valence-electron chi connectivity index (χ0n) is 11.8. The van der Waals surface area contributed by atoms with E-state index in [1.165, 1.54) is 5.30 Å². The van der Waals surface area contributed by atoms with Crippen LogP contribution in [0.25, 0.3) is 0 Å². The van der Waals surface area contributed by atoms with Crippen molar-refractivity contribution in [3.05, 3.63) is 30.3 Å². The molecule has 0 N–H and O–H groups in total. The SMILES string of the molecule is COCC[P+](CCC#N)(CCC#N)c1ccccc1.[I-]. The number of nitriles is 2. The molecule has 0 aliphatic rings. The van der Waals surface area contributed by atoms with E-state index in [-0.39, 0.29) is 24.0 Å². The van der Waals surface area contributed by atoms with Gasteiger partial charge in [0.1, 0.15) is 0 Å². The van der Waals surface area contributed by atoms with Crippen LogP contribution >= 0.6 is 7.26 Å². The van der Waals surface area contributed by atoms with E-state index in [1.54, 1.807) is 7.11 Å². The molecule has 5 heteroatoms. The molecule has 1 aromatic rings. The highest BCUT2D eigenvalue weighted by atomic mass is 127. The van der Waals surface area contributed by atoms with Crippen LogP contribution in [0.3, 0.4) is 0 Å². The second kappa shape index (κ2) is 11.0. The van der Waals surface area contributed by atoms with Gasteiger partial charge in [-0.15, -0.1) is 0 Å². The second-order valence-corrected chi connectivity index (χ2v) is 8.61. The van der Waals surface area contributed by atoms with Crippen LogP contribution in [0.5, 0.6) is 0 Å². The first-order valence-corrected chi connectivity index (χ1v) is 8.78. The van der Waals surface area contributed by atoms with Crippen LogP contribution in [0.2, 0.25) is 0 Å². The van der Waals surface area contributed by atoms with Crippen LogP contribution in [-0.4, -0.2) is 32.2 Å². The van der Waals surface area contributed by atoms with Crippen molar-refractivity contribution in [2.45, 2.75) is 12.8 Å². The molecule has 0 bridgehead atoms. The van der Waals surface area contributed by atoms with E-state index in [1.807, 2.05) is 18.2 Å². The number of halogens is 1. The van der Waals surface area contributed by atoms with Gasteiger partial charge in [-0.05, 0) is 12.1 Å². The lowest BCUT2D eigenvalue weighted by molar-refractivity contribution is -0.00000486. The van der Waals surface area contributed by atoms with Gasteiger partial charge in [-0.3, -0.25) is 0 Å². The molecule has 3 nitrogen and oxygen atoms in total. The van der Waals surface area contributed by atoms with Gasteiger partial charge in [0.15, 0.2) is 0 Å². The number of methoxy groups -OCH3 is 1. The minimum absolute atomic E-state index is 0. The number of ether oxygens (including phenoxy) is 1. The van der Waals surface area contributed by atoms with Gasteiger partial charge >= 0.3 is 0 Å². The molecule has 108 valence electrons. The lowest BCUT2D eigenvalue weighted by atomic mass is 10.4. The molecule has 0 saturated carbocycles. The van der Waals surface area contributed by atoms with Crippen molar-refractivity contribution in [2.24, 2.45) is 0 Å². The fourth-order valence-corrected chi connectivity index (χ4v) is 6.10. The van der Waals surface area contributed by atoms with Crippen molar-refractivity contribution in [2.75, 3.05) is 32.2 Å². The Kier molecular flexibility index (Phi) is 10.7. The maximum atomic E-state index is 8.90. The zero-order valence-corrected chi connectivity index (χ0v) is 14.8. The standard InChI is InChI=1S/C15H20N2OP.HI/c1-18-11-14-19(12-5-9-16,13-6-10-17)15-7-3-2-4-8-15;/h2-4,7-8H,5-6,11-14H2,1H3;1H/q+1;/p-1. The summed E-state index contributed by atoms with van der Waals surface area (Å²) in [6, 6.07) is 14.9. The van der Waals surface area contributed by atoms with Crippen LogP contribution in [0.4, 0.5) is 0 Å². The summed E-state index contributed by atoms with van der Waals surface area (Å²) in [6.07, 6.45) is 3.84. The summed E-state index contributed by atoms with van der Waals surface area (Å²) >= 11 is 0. The number of rotatable bonds is 8. The molecule has 0 heterocycles. The topological polar surface area (TPSA) is 56.8 Å². The Morgan fingerprint density at radius 2 is 1.55 bits per heavy atom. The molecule has 20 heavy (non-hydrogen) atoms. The van der Waals surface area contributed by atoms with Crippen LogP contribution in [-0.2, 0) is 4.74 Å². The molecule has 0 unspecified atom stereocenters. The third kappa shape index (κ3) is 5.75. The first kappa shape index (κ1) is 19.3. The second-order valence-electron chi connectivity index (χ2n) is 4.46. The molecule has 0 amide bonds. The summed E-state index contributed by atoms with van der Waals surface area (Å²) in [4.78, 5) is 0. The molecule has 0 aromatic heterocycles. The highest BCUT2D eigenvalue weighted by Crippen LogP contribution is 2.58. The largest absolute Gasteiger partial charge is 1.00 e. The molecule has 1 aromatic carbocycles. The summed E-state index contributed by atoms with van der Waals surface area (Å²) in [6.45, 7) is 0.694. The zero-order chi connectivity index (χ0) is 14.0. The van der Waals surface area contributed by atoms with E-state index < -0.39 is 7.26 Å². The Balaban J connectivity index is 0.00000361. The minimum atomic E-state index is -1.47. The van der Waals surface area contributed by atoms with Crippen molar-refractivity contribution in [1.29, 1.82) is 10.5 Å². The number of hydrogen-bond donors (Lipinski definition) is 0. The van der Waals surface area contributed by atoms with Crippen LogP contribution in [0.15, 0.2) is 30.3 Å². The van der Waals surface area contributed by atoms with E-state index in [4.69, 9.17) is 15.3 Å². The molecule has 0 saturated heterocycles. The maximum absolute atomic E-state index is 8.90. The summed E-state index contributed by atoms with van der Waals surface area (Å²) < 4.78 is 5.24. The fraction of sp³-hybridized carbons (Fsp3) is 0.467. The number of hydrogen-bond acceptors (Lipinski definition) is 3. The van der Waals surface area contributed by atoms with Crippen molar-refractivity contribution in [1.82, 2.24) is 0 Å². The Hall–Kier alpha value is -0.680. The first-order valence-electron chi connectivity index (χ1n) is 6.43. The van der Waals surface area contributed by atoms with Gasteiger partial charge in [0.05, 0.1) is 62.6 Å². The van der Waals surface area contributed by atoms with E-state index in [0.717, 1.165) is 18.5 Å². The van der Waals surface area contributed by atoms with Crippen LogP contribution < -0.4 is 29.3 Å². The molecule has 0 atom stereocenters. The highest BCUT2D eigenvalue weighted by molar-refractivity contribution is 7.83. The smallest absolute Gasteiger partial charge is 0.0941 e. The third-order valence-corrected chi connectivity index (χ3v) is 7.92. The van der Waals surface area contributed by atoms with Crippen molar-refractivity contribution in [3.63, 3.8) is 0 Å². The lowest BCUT2D eigenvalue weighted by Gasteiger charge is -2.26. The van der Waals surface area contributed by atoms with E-state index in [9.17, 15) is 0 Å². The number of nitrogens with zero attached hydrogens (tertiary/aromatic N) is 2. The molecule has 0 radical (unpaired) electrons. The Morgan fingerprint density at radius 3 is 2.00 bits per heavy atom. The molecule has 0 aliphatic carbocycles. The molecule has 1 rings (SSSR count). The first-order chi connectivity index (χ1) is 9.29. The molecule has 0 spiro atoms. The Morgan fingerprint density at radius 1 is 1.00 bits per heavy atom. The van der Waals surface area contributed by atoms with Gasteiger partial charge in [-0.25, -0.2) is 0 Å². The summed E-state index contributed by atoms with van der Waals surface area (Å²) in [5.74, 6) is 0. The van der Waals surface area contributed by atoms with E-state index in [2.05, 4.69) is 24.3 Å². The Labute approximate surface area is 139 Å². The predicted molar refractivity (Wildman–Crippen MR) is 79.9 cm³/mol. The quantitative estimate of drug-likeness (QED) is 0.448. The summed E-state index contributed by atoms with van der Waals surface area (Å²) in [7, 11) is 0.235. The van der Waals surface area contributed by atoms with Gasteiger partial charge < -0.3 is 28.7 Å². The predicted octanol–water partition coefficient (Wildman–Crippen LogP) is -0.193. The lowest BCUT2D eigenvalue weighted by Crippen LogP contribution is -3.00. The van der Waals surface area contributed by atoms with Gasteiger partial charge in [-0.2, -0.15) is 10.5 Å². The molecular formula is C15H20IN2OP. The minimum Gasteiger partial charge on any atom is -1.00 e. The summed E-state index contributed by atoms with van der Waals surface area (Å²) in [5, 5.41) is 19.1. The van der Waals surface area contributed by atoms with Gasteiger partial charge in [0.2, 0.25) is 0 Å². The Bertz CT molecular complexity index is 435. The van der Waals surface area contributed by atoms with Crippen LogP contribution in [0, 0.1) is 22.7 Å². The van der Waals surface area contributed by atoms with Crippen molar-refractivity contribution in [3.8, 4) is 12.1 Å². The highest BCUT2D eigenvalue weighted by Gasteiger charge is 2.38. The fourth-order valence-electron chi connectivity index (χ4n) is 2.26. The molecule has 0 fully saturated rings. The van der Waals surface area contributed by atoms with Crippen molar-refractivity contribution < 1.29 is 28.7 Å². The van der Waals surface area contributed by atoms with E-state index >= 15 is 0 Å². The summed E-state index contributed by atoms with van der Waals surface area (Å²) in [5.41, 5.74) is 0. The molecular weight excluding hydrogens is 382 g/mol. The third-order valence-electron chi connectivity index (χ3n) is 3.33.